The van der Waals surface area contributed by atoms with Crippen LogP contribution in [0.3, 0.4) is 0 Å². The zero-order chi connectivity index (χ0) is 18.3. The Bertz CT molecular complexity index is 1040. The normalized spacial score (nSPS) is 12.3. The molecule has 0 saturated heterocycles. The molecule has 0 spiro atoms. The maximum atomic E-state index is 11.8. The number of hydrogen-bond acceptors (Lipinski definition) is 7. The third kappa shape index (κ3) is 2.61. The monoisotopic (exact) mass is 353 g/mol. The Kier molecular flexibility index (Phi) is 3.72. The highest BCUT2D eigenvalue weighted by Crippen LogP contribution is 2.39. The molecule has 2 aromatic carbocycles. The summed E-state index contributed by atoms with van der Waals surface area (Å²) in [4.78, 5) is 13.1. The molecule has 0 aliphatic carbocycles. The molecule has 1 aliphatic rings. The van der Waals surface area contributed by atoms with Gasteiger partial charge in [0.2, 0.25) is 6.79 Å². The van der Waals surface area contributed by atoms with Gasteiger partial charge in [0.25, 0.3) is 0 Å². The Hall–Kier alpha value is -3.55. The van der Waals surface area contributed by atoms with Gasteiger partial charge in [0.05, 0.1) is 12.2 Å². The van der Waals surface area contributed by atoms with Crippen molar-refractivity contribution in [2.75, 3.05) is 13.4 Å². The molecule has 1 aromatic heterocycles. The van der Waals surface area contributed by atoms with Crippen LogP contribution in [-0.2, 0) is 9.53 Å². The van der Waals surface area contributed by atoms with E-state index < -0.39 is 5.97 Å². The van der Waals surface area contributed by atoms with Crippen LogP contribution in [0.5, 0.6) is 17.2 Å². The number of esters is 1. The fourth-order valence-electron chi connectivity index (χ4n) is 2.63. The second-order valence-electron chi connectivity index (χ2n) is 5.59. The molecule has 0 fully saturated rings. The molecule has 0 atom stereocenters. The number of ether oxygens (including phenoxy) is 3. The molecule has 1 N–H and O–H groups in total. The Morgan fingerprint density at radius 3 is 2.73 bits per heavy atom. The number of carbonyl (C=O) groups is 1. The lowest BCUT2D eigenvalue weighted by molar-refractivity contribution is -0.136. The molecule has 1 aliphatic heterocycles. The number of aromatic hydroxyl groups is 1. The smallest absolute Gasteiger partial charge is 0.338 e. The molecule has 0 amide bonds. The molecule has 132 valence electrons. The summed E-state index contributed by atoms with van der Waals surface area (Å²) in [5.41, 5.74) is 2.34. The van der Waals surface area contributed by atoms with Crippen LogP contribution in [0.1, 0.15) is 12.5 Å². The van der Waals surface area contributed by atoms with Gasteiger partial charge >= 0.3 is 5.97 Å². The van der Waals surface area contributed by atoms with Crippen LogP contribution in [0.15, 0.2) is 36.9 Å². The quantitative estimate of drug-likeness (QED) is 0.568. The lowest BCUT2D eigenvalue weighted by Gasteiger charge is -2.04. The van der Waals surface area contributed by atoms with Crippen molar-refractivity contribution >= 4 is 22.6 Å². The van der Waals surface area contributed by atoms with Crippen molar-refractivity contribution in [3.8, 4) is 22.9 Å². The van der Waals surface area contributed by atoms with E-state index in [4.69, 9.17) is 14.2 Å². The molecule has 8 nitrogen and oxygen atoms in total. The molecule has 4 rings (SSSR count). The number of carbonyl (C=O) groups excluding carboxylic acids is 1. The first-order valence-electron chi connectivity index (χ1n) is 7.93. The molecule has 0 unspecified atom stereocenters. The van der Waals surface area contributed by atoms with Crippen LogP contribution in [0, 0.1) is 0 Å². The zero-order valence-corrected chi connectivity index (χ0v) is 13.9. The molecule has 3 aromatic rings. The number of hydrogen-bond donors (Lipinski definition) is 1. The maximum absolute atomic E-state index is 11.8. The van der Waals surface area contributed by atoms with Gasteiger partial charge in [0.15, 0.2) is 11.5 Å². The van der Waals surface area contributed by atoms with E-state index in [1.54, 1.807) is 31.2 Å². The second kappa shape index (κ2) is 6.07. The van der Waals surface area contributed by atoms with Crippen LogP contribution in [0.25, 0.3) is 22.3 Å². The van der Waals surface area contributed by atoms with E-state index in [2.05, 4.69) is 16.8 Å². The van der Waals surface area contributed by atoms with Crippen LogP contribution in [0.4, 0.5) is 0 Å². The highest BCUT2D eigenvalue weighted by atomic mass is 16.7. The summed E-state index contributed by atoms with van der Waals surface area (Å²) >= 11 is 0. The number of nitrogens with zero attached hydrogens (tertiary/aromatic N) is 3. The van der Waals surface area contributed by atoms with Crippen molar-refractivity contribution in [3.63, 3.8) is 0 Å². The first kappa shape index (κ1) is 15.9. The van der Waals surface area contributed by atoms with Crippen molar-refractivity contribution in [3.05, 3.63) is 42.5 Å². The summed E-state index contributed by atoms with van der Waals surface area (Å²) in [6.45, 7) is 5.88. The highest BCUT2D eigenvalue weighted by Gasteiger charge is 2.20. The van der Waals surface area contributed by atoms with E-state index in [0.717, 1.165) is 0 Å². The Balaban J connectivity index is 1.73. The largest absolute Gasteiger partial charge is 0.505 e. The molecule has 2 heterocycles. The van der Waals surface area contributed by atoms with Crippen molar-refractivity contribution in [2.24, 2.45) is 0 Å². The van der Waals surface area contributed by atoms with Crippen molar-refractivity contribution in [1.29, 1.82) is 0 Å². The predicted octanol–water partition coefficient (Wildman–Crippen LogP) is 2.43. The molecule has 0 saturated carbocycles. The van der Waals surface area contributed by atoms with Crippen molar-refractivity contribution < 1.29 is 24.1 Å². The number of benzene rings is 2. The zero-order valence-electron chi connectivity index (χ0n) is 13.9. The molecule has 0 bridgehead atoms. The fourth-order valence-corrected chi connectivity index (χ4v) is 2.63. The van der Waals surface area contributed by atoms with Gasteiger partial charge < -0.3 is 19.3 Å². The first-order chi connectivity index (χ1) is 12.6. The third-order valence-electron chi connectivity index (χ3n) is 3.94. The van der Waals surface area contributed by atoms with Gasteiger partial charge in [0, 0.05) is 12.1 Å². The average Bonchev–Trinajstić information content (AvgIpc) is 3.25. The van der Waals surface area contributed by atoms with E-state index in [1.807, 2.05) is 0 Å². The average molecular weight is 353 g/mol. The minimum absolute atomic E-state index is 0.0364. The van der Waals surface area contributed by atoms with Gasteiger partial charge in [0.1, 0.15) is 22.5 Å². The number of aromatic nitrogens is 3. The minimum Gasteiger partial charge on any atom is -0.505 e. The molecular weight excluding hydrogens is 338 g/mol. The third-order valence-corrected chi connectivity index (χ3v) is 3.94. The van der Waals surface area contributed by atoms with E-state index >= 15 is 0 Å². The van der Waals surface area contributed by atoms with E-state index in [-0.39, 0.29) is 24.7 Å². The van der Waals surface area contributed by atoms with Crippen LogP contribution in [-0.4, -0.2) is 39.5 Å². The molecule has 26 heavy (non-hydrogen) atoms. The molecule has 8 heteroatoms. The van der Waals surface area contributed by atoms with Crippen LogP contribution in [0.2, 0.25) is 0 Å². The van der Waals surface area contributed by atoms with Gasteiger partial charge in [-0.05, 0) is 24.6 Å². The van der Waals surface area contributed by atoms with Crippen LogP contribution < -0.4 is 9.47 Å². The number of rotatable bonds is 4. The lowest BCUT2D eigenvalue weighted by atomic mass is 10.1. The number of phenolic OH excluding ortho intramolecular Hbond substituents is 1. The van der Waals surface area contributed by atoms with Gasteiger partial charge in [-0.3, -0.25) is 0 Å². The summed E-state index contributed by atoms with van der Waals surface area (Å²) in [5.74, 6) is 0.463. The maximum Gasteiger partial charge on any atom is 0.338 e. The minimum atomic E-state index is -0.479. The van der Waals surface area contributed by atoms with E-state index in [9.17, 15) is 9.90 Å². The standard InChI is InChI=1S/C18H15N3O5/c1-3-24-18(23)10(2)11-4-5-12-13(6-11)20-21(19-12)14-7-16-17(8-15(14)22)26-9-25-16/h4-8,22H,2-3,9H2,1H3. The summed E-state index contributed by atoms with van der Waals surface area (Å²) in [6.07, 6.45) is 0. The number of fused-ring (bicyclic) bond motifs is 2. The van der Waals surface area contributed by atoms with Crippen molar-refractivity contribution in [2.45, 2.75) is 6.92 Å². The van der Waals surface area contributed by atoms with Gasteiger partial charge in [-0.2, -0.15) is 0 Å². The second-order valence-corrected chi connectivity index (χ2v) is 5.59. The summed E-state index contributed by atoms with van der Waals surface area (Å²) in [5, 5.41) is 18.9. The summed E-state index contributed by atoms with van der Waals surface area (Å²) < 4.78 is 15.5. The van der Waals surface area contributed by atoms with E-state index in [1.165, 1.54) is 10.9 Å². The Morgan fingerprint density at radius 1 is 1.23 bits per heavy atom. The predicted molar refractivity (Wildman–Crippen MR) is 92.3 cm³/mol. The molecular formula is C18H15N3O5. The van der Waals surface area contributed by atoms with Crippen LogP contribution >= 0.6 is 0 Å². The molecule has 0 radical (unpaired) electrons. The van der Waals surface area contributed by atoms with Gasteiger partial charge in [-0.15, -0.1) is 15.0 Å². The van der Waals surface area contributed by atoms with Crippen molar-refractivity contribution in [1.82, 2.24) is 15.0 Å². The SMILES string of the molecule is C=C(C(=O)OCC)c1ccc2nn(-c3cc4c(cc3O)OCO4)nc2c1. The Morgan fingerprint density at radius 2 is 1.96 bits per heavy atom. The summed E-state index contributed by atoms with van der Waals surface area (Å²) in [7, 11) is 0. The Labute approximate surface area is 148 Å². The number of phenols is 1. The van der Waals surface area contributed by atoms with E-state index in [0.29, 0.717) is 33.8 Å². The first-order valence-corrected chi connectivity index (χ1v) is 7.93. The highest BCUT2D eigenvalue weighted by molar-refractivity contribution is 6.16. The van der Waals surface area contributed by atoms with Gasteiger partial charge in [-0.1, -0.05) is 12.6 Å². The lowest BCUT2D eigenvalue weighted by Crippen LogP contribution is -2.05. The summed E-state index contributed by atoms with van der Waals surface area (Å²) in [6, 6.07) is 8.21. The topological polar surface area (TPSA) is 95.7 Å². The van der Waals surface area contributed by atoms with Gasteiger partial charge in [-0.25, -0.2) is 4.79 Å². The fraction of sp³-hybridized carbons (Fsp3) is 0.167.